The van der Waals surface area contributed by atoms with Gasteiger partial charge in [0.15, 0.2) is 0 Å². The van der Waals surface area contributed by atoms with Crippen LogP contribution in [0.4, 0.5) is 0 Å². The van der Waals surface area contributed by atoms with Gasteiger partial charge in [-0.1, -0.05) is 20.8 Å². The summed E-state index contributed by atoms with van der Waals surface area (Å²) in [7, 11) is 0. The number of hydrogen-bond donors (Lipinski definition) is 1. The van der Waals surface area contributed by atoms with E-state index in [2.05, 4.69) is 52.3 Å². The summed E-state index contributed by atoms with van der Waals surface area (Å²) in [6, 6.07) is 2.15. The van der Waals surface area contributed by atoms with Crippen LogP contribution >= 0.6 is 0 Å². The first kappa shape index (κ1) is 13.2. The van der Waals surface area contributed by atoms with Crippen molar-refractivity contribution in [3.05, 3.63) is 17.5 Å². The molecule has 0 fully saturated rings. The number of hydrogen-bond acceptors (Lipinski definition) is 2. The Morgan fingerprint density at radius 3 is 1.94 bits per heavy atom. The quantitative estimate of drug-likeness (QED) is 0.795. The predicted molar refractivity (Wildman–Crippen MR) is 68.5 cm³/mol. The zero-order valence-corrected chi connectivity index (χ0v) is 11.6. The van der Waals surface area contributed by atoms with Gasteiger partial charge in [-0.25, -0.2) is 0 Å². The molecule has 0 aliphatic heterocycles. The van der Waals surface area contributed by atoms with Crippen molar-refractivity contribution in [3.63, 3.8) is 0 Å². The normalized spacial score (nSPS) is 15.2. The van der Waals surface area contributed by atoms with Crippen LogP contribution < -0.4 is 5.73 Å². The molecule has 0 saturated heterocycles. The third kappa shape index (κ3) is 2.64. The highest BCUT2D eigenvalue weighted by Gasteiger charge is 2.25. The van der Waals surface area contributed by atoms with Gasteiger partial charge in [0.1, 0.15) is 0 Å². The molecule has 0 aromatic carbocycles. The van der Waals surface area contributed by atoms with E-state index in [9.17, 15) is 0 Å². The van der Waals surface area contributed by atoms with Crippen LogP contribution in [0.5, 0.6) is 0 Å². The molecule has 2 N–H and O–H groups in total. The van der Waals surface area contributed by atoms with E-state index in [-0.39, 0.29) is 17.0 Å². The Labute approximate surface area is 99.0 Å². The Hall–Kier alpha value is -0.830. The van der Waals surface area contributed by atoms with Gasteiger partial charge in [-0.15, -0.1) is 0 Å². The van der Waals surface area contributed by atoms with Crippen molar-refractivity contribution in [2.45, 2.75) is 65.5 Å². The molecule has 1 atom stereocenters. The third-order valence-corrected chi connectivity index (χ3v) is 2.61. The fraction of sp³-hybridized carbons (Fsp3) is 0.769. The smallest absolute Gasteiger partial charge is 0.0681 e. The monoisotopic (exact) mass is 223 g/mol. The molecular weight excluding hydrogens is 198 g/mol. The van der Waals surface area contributed by atoms with E-state index in [1.54, 1.807) is 0 Å². The summed E-state index contributed by atoms with van der Waals surface area (Å²) in [6.07, 6.45) is 0. The second kappa shape index (κ2) is 3.88. The molecule has 0 radical (unpaired) electrons. The second-order valence-corrected chi connectivity index (χ2v) is 6.58. The molecule has 0 amide bonds. The first-order chi connectivity index (χ1) is 7.03. The van der Waals surface area contributed by atoms with Gasteiger partial charge in [0.25, 0.3) is 0 Å². The molecule has 0 aliphatic rings. The van der Waals surface area contributed by atoms with Gasteiger partial charge in [0.2, 0.25) is 0 Å². The molecule has 1 aromatic rings. The molecule has 16 heavy (non-hydrogen) atoms. The van der Waals surface area contributed by atoms with Crippen LogP contribution in [-0.2, 0) is 11.0 Å². The topological polar surface area (TPSA) is 43.8 Å². The van der Waals surface area contributed by atoms with Crippen molar-refractivity contribution in [1.82, 2.24) is 9.78 Å². The fourth-order valence-electron chi connectivity index (χ4n) is 1.62. The van der Waals surface area contributed by atoms with Crippen LogP contribution in [0.25, 0.3) is 0 Å². The lowest BCUT2D eigenvalue weighted by molar-refractivity contribution is 0.332. The van der Waals surface area contributed by atoms with E-state index in [0.29, 0.717) is 0 Å². The molecule has 1 aromatic heterocycles. The maximum Gasteiger partial charge on any atom is 0.0681 e. The molecule has 0 unspecified atom stereocenters. The SMILES string of the molecule is C[C@H](N)c1cc(C(C)(C)C)nn1C(C)(C)C. The summed E-state index contributed by atoms with van der Waals surface area (Å²) in [5.74, 6) is 0. The van der Waals surface area contributed by atoms with Crippen LogP contribution in [-0.4, -0.2) is 9.78 Å². The lowest BCUT2D eigenvalue weighted by atomic mass is 9.92. The third-order valence-electron chi connectivity index (χ3n) is 2.61. The summed E-state index contributed by atoms with van der Waals surface area (Å²) in [4.78, 5) is 0. The van der Waals surface area contributed by atoms with Gasteiger partial charge in [0.05, 0.1) is 16.9 Å². The molecule has 0 aliphatic carbocycles. The average molecular weight is 223 g/mol. The van der Waals surface area contributed by atoms with Crippen LogP contribution in [0.2, 0.25) is 0 Å². The number of aromatic nitrogens is 2. The minimum atomic E-state index is -0.0214. The first-order valence-corrected chi connectivity index (χ1v) is 5.90. The van der Waals surface area contributed by atoms with E-state index in [0.717, 1.165) is 11.4 Å². The Kier molecular flexibility index (Phi) is 3.21. The molecule has 3 nitrogen and oxygen atoms in total. The zero-order valence-electron chi connectivity index (χ0n) is 11.6. The zero-order chi connectivity index (χ0) is 12.7. The molecule has 0 spiro atoms. The van der Waals surface area contributed by atoms with Crippen molar-refractivity contribution in [2.24, 2.45) is 5.73 Å². The van der Waals surface area contributed by atoms with E-state index < -0.39 is 0 Å². The number of nitrogens with two attached hydrogens (primary N) is 1. The highest BCUT2D eigenvalue weighted by atomic mass is 15.3. The van der Waals surface area contributed by atoms with Gasteiger partial charge in [-0.2, -0.15) is 5.10 Å². The van der Waals surface area contributed by atoms with E-state index >= 15 is 0 Å². The second-order valence-electron chi connectivity index (χ2n) is 6.58. The van der Waals surface area contributed by atoms with Crippen LogP contribution in [0.15, 0.2) is 6.07 Å². The van der Waals surface area contributed by atoms with Crippen molar-refractivity contribution in [2.75, 3.05) is 0 Å². The van der Waals surface area contributed by atoms with Crippen molar-refractivity contribution >= 4 is 0 Å². The predicted octanol–water partition coefficient (Wildman–Crippen LogP) is 2.96. The van der Waals surface area contributed by atoms with Gasteiger partial charge < -0.3 is 5.73 Å². The largest absolute Gasteiger partial charge is 0.323 e. The molecule has 0 bridgehead atoms. The van der Waals surface area contributed by atoms with Crippen LogP contribution in [0.1, 0.15) is 65.9 Å². The standard InChI is InChI=1S/C13H25N3/c1-9(14)10-8-11(12(2,3)4)15-16(10)13(5,6)7/h8-9H,14H2,1-7H3/t9-/m0/s1. The van der Waals surface area contributed by atoms with Gasteiger partial charge in [0, 0.05) is 11.5 Å². The van der Waals surface area contributed by atoms with E-state index in [1.165, 1.54) is 0 Å². The maximum absolute atomic E-state index is 6.01. The summed E-state index contributed by atoms with van der Waals surface area (Å²) >= 11 is 0. The van der Waals surface area contributed by atoms with Crippen molar-refractivity contribution in [1.29, 1.82) is 0 Å². The van der Waals surface area contributed by atoms with Gasteiger partial charge >= 0.3 is 0 Å². The minimum absolute atomic E-state index is 0.0165. The average Bonchev–Trinajstić information content (AvgIpc) is 2.44. The maximum atomic E-state index is 6.01. The molecular formula is C13H25N3. The molecule has 1 rings (SSSR count). The van der Waals surface area contributed by atoms with E-state index in [4.69, 9.17) is 10.8 Å². The lowest BCUT2D eigenvalue weighted by Crippen LogP contribution is -2.28. The van der Waals surface area contributed by atoms with Crippen LogP contribution in [0.3, 0.4) is 0 Å². The Morgan fingerprint density at radius 1 is 1.19 bits per heavy atom. The van der Waals surface area contributed by atoms with Gasteiger partial charge in [-0.3, -0.25) is 4.68 Å². The minimum Gasteiger partial charge on any atom is -0.323 e. The fourth-order valence-corrected chi connectivity index (χ4v) is 1.62. The number of rotatable bonds is 1. The Balaban J connectivity index is 3.32. The highest BCUT2D eigenvalue weighted by Crippen LogP contribution is 2.27. The molecule has 3 heteroatoms. The van der Waals surface area contributed by atoms with Crippen LogP contribution in [0, 0.1) is 0 Å². The summed E-state index contributed by atoms with van der Waals surface area (Å²) < 4.78 is 2.05. The van der Waals surface area contributed by atoms with Crippen molar-refractivity contribution < 1.29 is 0 Å². The summed E-state index contributed by atoms with van der Waals surface area (Å²) in [6.45, 7) is 15.0. The molecule has 0 saturated carbocycles. The highest BCUT2D eigenvalue weighted by molar-refractivity contribution is 5.20. The molecule has 92 valence electrons. The molecule has 1 heterocycles. The number of nitrogens with zero attached hydrogens (tertiary/aromatic N) is 2. The Bertz CT molecular complexity index is 362. The first-order valence-electron chi connectivity index (χ1n) is 5.90. The van der Waals surface area contributed by atoms with Crippen molar-refractivity contribution in [3.8, 4) is 0 Å². The van der Waals surface area contributed by atoms with E-state index in [1.807, 2.05) is 6.92 Å². The summed E-state index contributed by atoms with van der Waals surface area (Å²) in [5.41, 5.74) is 8.27. The Morgan fingerprint density at radius 2 is 1.69 bits per heavy atom. The lowest BCUT2D eigenvalue weighted by Gasteiger charge is -2.24. The summed E-state index contributed by atoms with van der Waals surface area (Å²) in [5, 5.41) is 4.71. The van der Waals surface area contributed by atoms with Gasteiger partial charge in [-0.05, 0) is 33.8 Å².